The van der Waals surface area contributed by atoms with Crippen LogP contribution in [0.1, 0.15) is 10.5 Å². The number of nitrogens with zero attached hydrogens (tertiary/aromatic N) is 1. The van der Waals surface area contributed by atoms with Gasteiger partial charge >= 0.3 is 12.1 Å². The highest BCUT2D eigenvalue weighted by molar-refractivity contribution is 6.41. The lowest BCUT2D eigenvalue weighted by atomic mass is 10.3. The van der Waals surface area contributed by atoms with E-state index >= 15 is 0 Å². The van der Waals surface area contributed by atoms with E-state index < -0.39 is 31.1 Å². The molecule has 10 heteroatoms. The molecule has 0 aliphatic heterocycles. The smallest absolute Gasteiger partial charge is 0.406 e. The summed E-state index contributed by atoms with van der Waals surface area (Å²) in [6.45, 7) is -2.78. The van der Waals surface area contributed by atoms with Gasteiger partial charge in [0, 0.05) is 0 Å². The Balaban J connectivity index is 2.96. The molecule has 0 radical (unpaired) electrons. The SMILES string of the molecule is O=C(O)CN(CC(F)(F)F)C(=O)c1cc(Cl)c(Cl)[nH]1. The van der Waals surface area contributed by atoms with Gasteiger partial charge in [-0.25, -0.2) is 0 Å². The number of amides is 1. The van der Waals surface area contributed by atoms with E-state index in [0.717, 1.165) is 6.07 Å². The first kappa shape index (κ1) is 15.6. The van der Waals surface area contributed by atoms with E-state index in [1.54, 1.807) is 0 Å². The Morgan fingerprint density at radius 1 is 1.37 bits per heavy atom. The maximum Gasteiger partial charge on any atom is 0.406 e. The number of nitrogens with one attached hydrogen (secondary N) is 1. The number of carboxylic acid groups (broad SMARTS) is 1. The van der Waals surface area contributed by atoms with Crippen LogP contribution in [-0.4, -0.2) is 46.1 Å². The van der Waals surface area contributed by atoms with E-state index in [4.69, 9.17) is 28.3 Å². The molecule has 0 spiro atoms. The Labute approximate surface area is 114 Å². The van der Waals surface area contributed by atoms with Gasteiger partial charge in [0.2, 0.25) is 0 Å². The van der Waals surface area contributed by atoms with Crippen LogP contribution in [0.15, 0.2) is 6.07 Å². The molecule has 1 aromatic rings. The predicted octanol–water partition coefficient (Wildman–Crippen LogP) is 2.41. The van der Waals surface area contributed by atoms with Gasteiger partial charge in [-0.2, -0.15) is 13.2 Å². The topological polar surface area (TPSA) is 73.4 Å². The van der Waals surface area contributed by atoms with E-state index in [0.29, 0.717) is 0 Å². The normalized spacial score (nSPS) is 11.4. The summed E-state index contributed by atoms with van der Waals surface area (Å²) in [5.41, 5.74) is -0.319. The third-order valence-electron chi connectivity index (χ3n) is 1.94. The molecular weight excluding hydrogens is 312 g/mol. The van der Waals surface area contributed by atoms with Crippen molar-refractivity contribution in [1.29, 1.82) is 0 Å². The maximum absolute atomic E-state index is 12.3. The van der Waals surface area contributed by atoms with Crippen molar-refractivity contribution in [2.75, 3.05) is 13.1 Å². The molecule has 0 saturated heterocycles. The van der Waals surface area contributed by atoms with Gasteiger partial charge in [-0.3, -0.25) is 9.59 Å². The molecule has 1 amide bonds. The largest absolute Gasteiger partial charge is 0.480 e. The fourth-order valence-electron chi connectivity index (χ4n) is 1.27. The van der Waals surface area contributed by atoms with Gasteiger partial charge in [-0.15, -0.1) is 0 Å². The fourth-order valence-corrected chi connectivity index (χ4v) is 1.58. The number of rotatable bonds is 4. The summed E-state index contributed by atoms with van der Waals surface area (Å²) in [5, 5.41) is 8.35. The molecule has 0 aliphatic carbocycles. The molecule has 0 saturated carbocycles. The van der Waals surface area contributed by atoms with Crippen molar-refractivity contribution in [3.63, 3.8) is 0 Å². The first-order chi connectivity index (χ1) is 8.60. The van der Waals surface area contributed by atoms with Crippen molar-refractivity contribution < 1.29 is 27.9 Å². The number of aromatic amines is 1. The number of carbonyl (C=O) groups is 2. The Bertz CT molecular complexity index is 482. The summed E-state index contributed by atoms with van der Waals surface area (Å²) in [5.74, 6) is -2.73. The van der Waals surface area contributed by atoms with Crippen molar-refractivity contribution in [3.05, 3.63) is 21.9 Å². The van der Waals surface area contributed by atoms with Crippen LogP contribution in [0.2, 0.25) is 10.2 Å². The summed E-state index contributed by atoms with van der Waals surface area (Å²) >= 11 is 11.1. The van der Waals surface area contributed by atoms with Gasteiger partial charge in [0.25, 0.3) is 5.91 Å². The zero-order chi connectivity index (χ0) is 14.8. The van der Waals surface area contributed by atoms with Crippen LogP contribution >= 0.6 is 23.2 Å². The van der Waals surface area contributed by atoms with E-state index in [1.807, 2.05) is 0 Å². The second kappa shape index (κ2) is 5.70. The van der Waals surface area contributed by atoms with E-state index in [1.165, 1.54) is 0 Å². The van der Waals surface area contributed by atoms with Crippen LogP contribution in [0.5, 0.6) is 0 Å². The average Bonchev–Trinajstić information content (AvgIpc) is 2.54. The molecule has 19 heavy (non-hydrogen) atoms. The number of aliphatic carboxylic acids is 1. The molecule has 0 unspecified atom stereocenters. The Kier molecular flexibility index (Phi) is 4.70. The first-order valence-corrected chi connectivity index (χ1v) is 5.47. The molecule has 0 atom stereocenters. The van der Waals surface area contributed by atoms with Gasteiger partial charge in [0.1, 0.15) is 23.9 Å². The molecule has 2 N–H and O–H groups in total. The van der Waals surface area contributed by atoms with Crippen LogP contribution in [-0.2, 0) is 4.79 Å². The van der Waals surface area contributed by atoms with E-state index in [2.05, 4.69) is 4.98 Å². The van der Waals surface area contributed by atoms with Gasteiger partial charge in [-0.05, 0) is 6.07 Å². The van der Waals surface area contributed by atoms with E-state index in [9.17, 15) is 22.8 Å². The van der Waals surface area contributed by atoms with Crippen LogP contribution < -0.4 is 0 Å². The zero-order valence-electron chi connectivity index (χ0n) is 9.09. The molecule has 0 aliphatic rings. The highest BCUT2D eigenvalue weighted by atomic mass is 35.5. The molecule has 1 heterocycles. The van der Waals surface area contributed by atoms with Gasteiger partial charge in [0.15, 0.2) is 0 Å². The summed E-state index contributed by atoms with van der Waals surface area (Å²) in [7, 11) is 0. The highest BCUT2D eigenvalue weighted by Crippen LogP contribution is 2.24. The van der Waals surface area contributed by atoms with Crippen LogP contribution in [0.3, 0.4) is 0 Å². The van der Waals surface area contributed by atoms with Crippen molar-refractivity contribution in [2.45, 2.75) is 6.18 Å². The fraction of sp³-hybridized carbons (Fsp3) is 0.333. The van der Waals surface area contributed by atoms with Gasteiger partial charge < -0.3 is 15.0 Å². The number of halogens is 5. The minimum absolute atomic E-state index is 0.0488. The summed E-state index contributed by atoms with van der Waals surface area (Å²) in [4.78, 5) is 24.6. The molecule has 106 valence electrons. The molecule has 1 aromatic heterocycles. The lowest BCUT2D eigenvalue weighted by Crippen LogP contribution is -2.42. The number of aromatic nitrogens is 1. The average molecular weight is 319 g/mol. The van der Waals surface area contributed by atoms with E-state index in [-0.39, 0.29) is 20.8 Å². The molecule has 0 bridgehead atoms. The minimum Gasteiger partial charge on any atom is -0.480 e. The lowest BCUT2D eigenvalue weighted by Gasteiger charge is -2.21. The van der Waals surface area contributed by atoms with Crippen molar-refractivity contribution >= 4 is 35.1 Å². The monoisotopic (exact) mass is 318 g/mol. The quantitative estimate of drug-likeness (QED) is 0.895. The van der Waals surface area contributed by atoms with Crippen LogP contribution in [0.25, 0.3) is 0 Å². The summed E-state index contributed by atoms with van der Waals surface area (Å²) in [6, 6.07) is 1.03. The molecule has 0 aromatic carbocycles. The number of H-pyrrole nitrogens is 1. The Morgan fingerprint density at radius 3 is 2.32 bits per heavy atom. The second-order valence-corrected chi connectivity index (χ2v) is 4.30. The predicted molar refractivity (Wildman–Crippen MR) is 60.4 cm³/mol. The van der Waals surface area contributed by atoms with Crippen LogP contribution in [0, 0.1) is 0 Å². The molecular formula is C9H7Cl2F3N2O3. The molecule has 0 fully saturated rings. The number of hydrogen-bond donors (Lipinski definition) is 2. The van der Waals surface area contributed by atoms with Crippen LogP contribution in [0.4, 0.5) is 13.2 Å². The summed E-state index contributed by atoms with van der Waals surface area (Å²) in [6.07, 6.45) is -4.72. The number of hydrogen-bond acceptors (Lipinski definition) is 2. The van der Waals surface area contributed by atoms with Gasteiger partial charge in [-0.1, -0.05) is 23.2 Å². The lowest BCUT2D eigenvalue weighted by molar-refractivity contribution is -0.149. The second-order valence-electron chi connectivity index (χ2n) is 3.52. The molecule has 1 rings (SSSR count). The third kappa shape index (κ3) is 4.64. The standard InChI is InChI=1S/C9H7Cl2F3N2O3/c10-4-1-5(15-7(4)11)8(19)16(2-6(17)18)3-9(12,13)14/h1,15H,2-3H2,(H,17,18). The van der Waals surface area contributed by atoms with Crippen molar-refractivity contribution in [2.24, 2.45) is 0 Å². The number of alkyl halides is 3. The van der Waals surface area contributed by atoms with Crippen molar-refractivity contribution in [1.82, 2.24) is 9.88 Å². The zero-order valence-corrected chi connectivity index (χ0v) is 10.6. The third-order valence-corrected chi connectivity index (χ3v) is 2.63. The molecule has 5 nitrogen and oxygen atoms in total. The minimum atomic E-state index is -4.72. The first-order valence-electron chi connectivity index (χ1n) is 4.72. The number of carbonyl (C=O) groups excluding carboxylic acids is 1. The Morgan fingerprint density at radius 2 is 1.95 bits per heavy atom. The number of carboxylic acids is 1. The maximum atomic E-state index is 12.3. The van der Waals surface area contributed by atoms with Gasteiger partial charge in [0.05, 0.1) is 5.02 Å². The summed E-state index contributed by atoms with van der Waals surface area (Å²) < 4.78 is 36.8. The van der Waals surface area contributed by atoms with Crippen molar-refractivity contribution in [3.8, 4) is 0 Å². The highest BCUT2D eigenvalue weighted by Gasteiger charge is 2.34. The Hall–Kier alpha value is -1.41.